The largest absolute Gasteiger partial charge is 0.465 e. The van der Waals surface area contributed by atoms with Crippen molar-refractivity contribution < 1.29 is 15.0 Å². The predicted octanol–water partition coefficient (Wildman–Crippen LogP) is 0.865. The molecular formula is C10H22N2O3. The number of piperidine rings is 1. The van der Waals surface area contributed by atoms with E-state index in [0.717, 1.165) is 12.8 Å². The maximum Gasteiger partial charge on any atom is 0.407 e. The number of carbonyl (C=O) groups is 1. The van der Waals surface area contributed by atoms with Crippen LogP contribution in [0, 0.1) is 0 Å². The van der Waals surface area contributed by atoms with Gasteiger partial charge in [-0.05, 0) is 33.6 Å². The van der Waals surface area contributed by atoms with E-state index in [0.29, 0.717) is 13.1 Å². The molecule has 1 aliphatic rings. The van der Waals surface area contributed by atoms with Crippen LogP contribution < -0.4 is 5.73 Å². The summed E-state index contributed by atoms with van der Waals surface area (Å²) in [5.41, 5.74) is 5.08. The van der Waals surface area contributed by atoms with Crippen LogP contribution in [0.3, 0.4) is 0 Å². The molecule has 0 spiro atoms. The first-order valence-electron chi connectivity index (χ1n) is 5.16. The van der Waals surface area contributed by atoms with Crippen molar-refractivity contribution in [3.63, 3.8) is 0 Å². The van der Waals surface area contributed by atoms with Gasteiger partial charge < -0.3 is 20.8 Å². The van der Waals surface area contributed by atoms with Gasteiger partial charge in [-0.15, -0.1) is 0 Å². The average Bonchev–Trinajstić information content (AvgIpc) is 2.01. The van der Waals surface area contributed by atoms with Crippen LogP contribution in [0.1, 0.15) is 33.6 Å². The van der Waals surface area contributed by atoms with Crippen molar-refractivity contribution in [1.29, 1.82) is 0 Å². The van der Waals surface area contributed by atoms with Gasteiger partial charge in [-0.2, -0.15) is 0 Å². The first-order valence-corrected chi connectivity index (χ1v) is 5.16. The van der Waals surface area contributed by atoms with Crippen molar-refractivity contribution in [2.45, 2.75) is 45.3 Å². The highest BCUT2D eigenvalue weighted by atomic mass is 16.4. The van der Waals surface area contributed by atoms with E-state index in [1.807, 2.05) is 0 Å². The Hall–Kier alpha value is -0.810. The Balaban J connectivity index is 0.000000336. The third-order valence-corrected chi connectivity index (χ3v) is 1.81. The van der Waals surface area contributed by atoms with Crippen LogP contribution in [0.4, 0.5) is 4.79 Å². The summed E-state index contributed by atoms with van der Waals surface area (Å²) in [6, 6.07) is 0.204. The molecule has 1 heterocycles. The second-order valence-corrected chi connectivity index (χ2v) is 4.78. The van der Waals surface area contributed by atoms with Gasteiger partial charge in [-0.3, -0.25) is 0 Å². The maximum atomic E-state index is 10.3. The Morgan fingerprint density at radius 2 is 1.67 bits per heavy atom. The molecular weight excluding hydrogens is 196 g/mol. The number of rotatable bonds is 0. The molecule has 1 aliphatic heterocycles. The molecule has 5 heteroatoms. The van der Waals surface area contributed by atoms with Crippen LogP contribution in [0.15, 0.2) is 0 Å². The van der Waals surface area contributed by atoms with E-state index in [2.05, 4.69) is 0 Å². The summed E-state index contributed by atoms with van der Waals surface area (Å²) in [4.78, 5) is 11.8. The minimum absolute atomic E-state index is 0.204. The minimum Gasteiger partial charge on any atom is -0.465 e. The summed E-state index contributed by atoms with van der Waals surface area (Å²) in [5.74, 6) is 0. The fourth-order valence-corrected chi connectivity index (χ4v) is 1.09. The number of nitrogens with two attached hydrogens (primary N) is 1. The lowest BCUT2D eigenvalue weighted by molar-refractivity contribution is 0.102. The Morgan fingerprint density at radius 1 is 1.33 bits per heavy atom. The summed E-state index contributed by atoms with van der Waals surface area (Å²) in [6.45, 7) is 6.42. The minimum atomic E-state index is -0.827. The number of carboxylic acid groups (broad SMARTS) is 1. The van der Waals surface area contributed by atoms with Gasteiger partial charge in [-0.1, -0.05) is 0 Å². The molecule has 90 valence electrons. The molecule has 0 saturated carbocycles. The van der Waals surface area contributed by atoms with Crippen LogP contribution in [0.2, 0.25) is 0 Å². The van der Waals surface area contributed by atoms with Crippen LogP contribution in [-0.4, -0.2) is 45.9 Å². The highest BCUT2D eigenvalue weighted by Gasteiger charge is 2.18. The second kappa shape index (κ2) is 5.92. The maximum absolute atomic E-state index is 10.3. The highest BCUT2D eigenvalue weighted by Crippen LogP contribution is 2.07. The Kier molecular flexibility index (Phi) is 5.60. The third kappa shape index (κ3) is 9.49. The van der Waals surface area contributed by atoms with E-state index in [1.165, 1.54) is 4.90 Å². The van der Waals surface area contributed by atoms with Gasteiger partial charge in [0.1, 0.15) is 0 Å². The molecule has 1 saturated heterocycles. The lowest BCUT2D eigenvalue weighted by Crippen LogP contribution is -2.42. The highest BCUT2D eigenvalue weighted by molar-refractivity contribution is 5.64. The van der Waals surface area contributed by atoms with Crippen LogP contribution in [0.25, 0.3) is 0 Å². The number of nitrogens with zero attached hydrogens (tertiary/aromatic N) is 1. The molecule has 0 aromatic heterocycles. The van der Waals surface area contributed by atoms with E-state index in [4.69, 9.17) is 15.9 Å². The number of amides is 1. The smallest absolute Gasteiger partial charge is 0.407 e. The lowest BCUT2D eigenvalue weighted by Gasteiger charge is -2.27. The fourth-order valence-electron chi connectivity index (χ4n) is 1.09. The monoisotopic (exact) mass is 218 g/mol. The molecule has 0 aromatic rings. The zero-order valence-electron chi connectivity index (χ0n) is 9.73. The first kappa shape index (κ1) is 14.2. The molecule has 15 heavy (non-hydrogen) atoms. The summed E-state index contributed by atoms with van der Waals surface area (Å²) in [5, 5.41) is 17.0. The fraction of sp³-hybridized carbons (Fsp3) is 0.900. The zero-order valence-corrected chi connectivity index (χ0v) is 9.73. The normalized spacial score (nSPS) is 18.1. The summed E-state index contributed by atoms with van der Waals surface area (Å²) in [6.07, 6.45) is 0.769. The van der Waals surface area contributed by atoms with Crippen molar-refractivity contribution in [2.24, 2.45) is 5.73 Å². The molecule has 4 N–H and O–H groups in total. The van der Waals surface area contributed by atoms with Crippen molar-refractivity contribution >= 4 is 6.09 Å². The molecule has 0 aliphatic carbocycles. The SMILES string of the molecule is CC(C)(C)O.NC1CCN(C(=O)O)CC1. The Bertz CT molecular complexity index is 187. The standard InChI is InChI=1S/C6H12N2O2.C4H10O/c7-5-1-3-8(4-2-5)6(9)10;1-4(2,3)5/h5H,1-4,7H2,(H,9,10);5H,1-3H3. The summed E-state index contributed by atoms with van der Waals surface area (Å²) >= 11 is 0. The van der Waals surface area contributed by atoms with Gasteiger partial charge in [0, 0.05) is 19.1 Å². The number of hydrogen-bond acceptors (Lipinski definition) is 3. The molecule has 1 rings (SSSR count). The predicted molar refractivity (Wildman–Crippen MR) is 58.8 cm³/mol. The van der Waals surface area contributed by atoms with Crippen LogP contribution in [0.5, 0.6) is 0 Å². The van der Waals surface area contributed by atoms with Crippen molar-refractivity contribution in [3.8, 4) is 0 Å². The van der Waals surface area contributed by atoms with Crippen molar-refractivity contribution in [2.75, 3.05) is 13.1 Å². The van der Waals surface area contributed by atoms with Crippen LogP contribution in [-0.2, 0) is 0 Å². The molecule has 0 radical (unpaired) electrons. The van der Waals surface area contributed by atoms with E-state index in [9.17, 15) is 4.79 Å². The van der Waals surface area contributed by atoms with Gasteiger partial charge >= 0.3 is 6.09 Å². The van der Waals surface area contributed by atoms with Crippen molar-refractivity contribution in [1.82, 2.24) is 4.90 Å². The number of aliphatic hydroxyl groups is 1. The quantitative estimate of drug-likeness (QED) is 0.563. The third-order valence-electron chi connectivity index (χ3n) is 1.81. The van der Waals surface area contributed by atoms with Gasteiger partial charge in [0.25, 0.3) is 0 Å². The second-order valence-electron chi connectivity index (χ2n) is 4.78. The van der Waals surface area contributed by atoms with E-state index >= 15 is 0 Å². The molecule has 0 atom stereocenters. The number of hydrogen-bond donors (Lipinski definition) is 3. The topological polar surface area (TPSA) is 86.8 Å². The molecule has 0 unspecified atom stereocenters. The van der Waals surface area contributed by atoms with E-state index < -0.39 is 11.7 Å². The molecule has 1 fully saturated rings. The lowest BCUT2D eigenvalue weighted by atomic mass is 10.1. The van der Waals surface area contributed by atoms with Gasteiger partial charge in [0.15, 0.2) is 0 Å². The molecule has 0 bridgehead atoms. The van der Waals surface area contributed by atoms with Crippen molar-refractivity contribution in [3.05, 3.63) is 0 Å². The summed E-state index contributed by atoms with van der Waals surface area (Å²) in [7, 11) is 0. The van der Waals surface area contributed by atoms with E-state index in [1.54, 1.807) is 20.8 Å². The van der Waals surface area contributed by atoms with Gasteiger partial charge in [0.05, 0.1) is 5.60 Å². The van der Waals surface area contributed by atoms with Gasteiger partial charge in [-0.25, -0.2) is 4.79 Å². The number of likely N-dealkylation sites (tertiary alicyclic amines) is 1. The molecule has 5 nitrogen and oxygen atoms in total. The summed E-state index contributed by atoms with van der Waals surface area (Å²) < 4.78 is 0. The first-order chi connectivity index (χ1) is 6.70. The zero-order chi connectivity index (χ0) is 12.1. The average molecular weight is 218 g/mol. The molecule has 1 amide bonds. The Morgan fingerprint density at radius 3 is 1.93 bits per heavy atom. The molecule has 0 aromatic carbocycles. The van der Waals surface area contributed by atoms with Gasteiger partial charge in [0.2, 0.25) is 0 Å². The van der Waals surface area contributed by atoms with E-state index in [-0.39, 0.29) is 6.04 Å². The Labute approximate surface area is 90.9 Å². The van der Waals surface area contributed by atoms with Crippen LogP contribution >= 0.6 is 0 Å².